The molecule has 0 spiro atoms. The Morgan fingerprint density at radius 2 is 2.12 bits per heavy atom. The van der Waals surface area contributed by atoms with Crippen LogP contribution in [0, 0.1) is 5.41 Å². The molecule has 1 saturated heterocycles. The Bertz CT molecular complexity index is 329. The minimum atomic E-state index is -1.77. The van der Waals surface area contributed by atoms with Gasteiger partial charge in [-0.05, 0) is 26.8 Å². The first-order chi connectivity index (χ1) is 7.71. The van der Waals surface area contributed by atoms with Gasteiger partial charge in [0.1, 0.15) is 0 Å². The van der Waals surface area contributed by atoms with E-state index in [1.165, 1.54) is 6.92 Å². The van der Waals surface area contributed by atoms with Gasteiger partial charge in [-0.3, -0.25) is 9.69 Å². The summed E-state index contributed by atoms with van der Waals surface area (Å²) in [5.74, 6) is -1.29. The van der Waals surface area contributed by atoms with Crippen LogP contribution in [0.15, 0.2) is 0 Å². The number of nitrogens with one attached hydrogen (secondary N) is 1. The largest absolute Gasteiger partial charge is 0.479 e. The van der Waals surface area contributed by atoms with Gasteiger partial charge in [0.05, 0.1) is 5.41 Å². The first kappa shape index (κ1) is 13.9. The van der Waals surface area contributed by atoms with Crippen LogP contribution in [0.2, 0.25) is 0 Å². The van der Waals surface area contributed by atoms with Crippen molar-refractivity contribution in [2.75, 3.05) is 26.7 Å². The summed E-state index contributed by atoms with van der Waals surface area (Å²) in [6, 6.07) is 0. The molecule has 3 N–H and O–H groups in total. The van der Waals surface area contributed by atoms with Crippen molar-refractivity contribution in [3.8, 4) is 0 Å². The molecule has 6 nitrogen and oxygen atoms in total. The molecule has 98 valence electrons. The monoisotopic (exact) mass is 244 g/mol. The smallest absolute Gasteiger partial charge is 0.336 e. The Morgan fingerprint density at radius 3 is 2.59 bits per heavy atom. The van der Waals surface area contributed by atoms with Crippen LogP contribution in [-0.2, 0) is 9.59 Å². The van der Waals surface area contributed by atoms with Crippen LogP contribution in [0.5, 0.6) is 0 Å². The molecule has 6 heteroatoms. The number of hydrogen-bond acceptors (Lipinski definition) is 4. The van der Waals surface area contributed by atoms with Gasteiger partial charge in [0.2, 0.25) is 5.91 Å². The van der Waals surface area contributed by atoms with E-state index in [1.54, 1.807) is 7.05 Å². The molecular weight excluding hydrogens is 224 g/mol. The SMILES string of the molecule is CNC(=O)C1(C)CCN(CC(C)(O)C(=O)O)C1. The number of amides is 1. The van der Waals surface area contributed by atoms with Gasteiger partial charge in [-0.2, -0.15) is 0 Å². The molecule has 1 aliphatic rings. The van der Waals surface area contributed by atoms with E-state index in [-0.39, 0.29) is 12.5 Å². The van der Waals surface area contributed by atoms with E-state index < -0.39 is 17.0 Å². The fourth-order valence-corrected chi connectivity index (χ4v) is 2.18. The fraction of sp³-hybridized carbons (Fsp3) is 0.818. The summed E-state index contributed by atoms with van der Waals surface area (Å²) in [6.07, 6.45) is 0.669. The lowest BCUT2D eigenvalue weighted by Crippen LogP contribution is -2.47. The van der Waals surface area contributed by atoms with Gasteiger partial charge < -0.3 is 15.5 Å². The summed E-state index contributed by atoms with van der Waals surface area (Å²) in [5.41, 5.74) is -2.27. The molecule has 1 amide bonds. The second-order valence-electron chi connectivity index (χ2n) is 5.18. The Hall–Kier alpha value is -1.14. The van der Waals surface area contributed by atoms with Crippen molar-refractivity contribution in [1.29, 1.82) is 0 Å². The van der Waals surface area contributed by atoms with Crippen LogP contribution in [0.1, 0.15) is 20.3 Å². The number of carboxylic acids is 1. The molecule has 0 saturated carbocycles. The first-order valence-electron chi connectivity index (χ1n) is 5.61. The zero-order valence-corrected chi connectivity index (χ0v) is 10.5. The Morgan fingerprint density at radius 1 is 1.53 bits per heavy atom. The molecular formula is C11H20N2O4. The van der Waals surface area contributed by atoms with E-state index in [1.807, 2.05) is 11.8 Å². The third-order valence-electron chi connectivity index (χ3n) is 3.32. The molecule has 0 aliphatic carbocycles. The molecule has 1 aliphatic heterocycles. The van der Waals surface area contributed by atoms with Crippen LogP contribution < -0.4 is 5.32 Å². The second-order valence-corrected chi connectivity index (χ2v) is 5.18. The number of nitrogens with zero attached hydrogens (tertiary/aromatic N) is 1. The van der Waals surface area contributed by atoms with Crippen molar-refractivity contribution in [2.24, 2.45) is 5.41 Å². The topological polar surface area (TPSA) is 89.9 Å². The maximum Gasteiger partial charge on any atom is 0.336 e. The van der Waals surface area contributed by atoms with Crippen molar-refractivity contribution in [2.45, 2.75) is 25.9 Å². The lowest BCUT2D eigenvalue weighted by Gasteiger charge is -2.27. The number of β-amino-alcohol motifs (C(OH)–C–C–N with tert-alkyl or cyclic N) is 1. The van der Waals surface area contributed by atoms with Crippen molar-refractivity contribution >= 4 is 11.9 Å². The Kier molecular flexibility index (Phi) is 3.78. The quantitative estimate of drug-likeness (QED) is 0.607. The van der Waals surface area contributed by atoms with Crippen LogP contribution in [-0.4, -0.2) is 59.3 Å². The lowest BCUT2D eigenvalue weighted by atomic mass is 9.89. The highest BCUT2D eigenvalue weighted by Gasteiger charge is 2.43. The van der Waals surface area contributed by atoms with E-state index >= 15 is 0 Å². The van der Waals surface area contributed by atoms with E-state index in [9.17, 15) is 14.7 Å². The van der Waals surface area contributed by atoms with Gasteiger partial charge >= 0.3 is 5.97 Å². The molecule has 2 unspecified atom stereocenters. The maximum atomic E-state index is 11.7. The molecule has 0 bridgehead atoms. The summed E-state index contributed by atoms with van der Waals surface area (Å²) in [7, 11) is 1.59. The number of likely N-dealkylation sites (tertiary alicyclic amines) is 1. The van der Waals surface area contributed by atoms with Gasteiger partial charge in [-0.1, -0.05) is 0 Å². The summed E-state index contributed by atoms with van der Waals surface area (Å²) >= 11 is 0. The number of rotatable bonds is 4. The normalized spacial score (nSPS) is 28.7. The fourth-order valence-electron chi connectivity index (χ4n) is 2.18. The predicted molar refractivity (Wildman–Crippen MR) is 61.5 cm³/mol. The highest BCUT2D eigenvalue weighted by molar-refractivity contribution is 5.82. The highest BCUT2D eigenvalue weighted by atomic mass is 16.4. The van der Waals surface area contributed by atoms with Gasteiger partial charge in [-0.25, -0.2) is 4.79 Å². The van der Waals surface area contributed by atoms with Crippen LogP contribution >= 0.6 is 0 Å². The van der Waals surface area contributed by atoms with Crippen LogP contribution in [0.4, 0.5) is 0 Å². The van der Waals surface area contributed by atoms with Crippen molar-refractivity contribution < 1.29 is 19.8 Å². The van der Waals surface area contributed by atoms with E-state index in [2.05, 4.69) is 5.32 Å². The predicted octanol–water partition coefficient (Wildman–Crippen LogP) is -0.720. The first-order valence-corrected chi connectivity index (χ1v) is 5.61. The van der Waals surface area contributed by atoms with Crippen molar-refractivity contribution in [3.63, 3.8) is 0 Å². The minimum Gasteiger partial charge on any atom is -0.479 e. The summed E-state index contributed by atoms with van der Waals surface area (Å²) in [6.45, 7) is 4.24. The van der Waals surface area contributed by atoms with E-state index in [0.29, 0.717) is 19.5 Å². The van der Waals surface area contributed by atoms with Gasteiger partial charge in [-0.15, -0.1) is 0 Å². The number of aliphatic hydroxyl groups is 1. The molecule has 1 heterocycles. The highest BCUT2D eigenvalue weighted by Crippen LogP contribution is 2.30. The average Bonchev–Trinajstić information content (AvgIpc) is 2.59. The molecule has 0 aromatic carbocycles. The molecule has 2 atom stereocenters. The third kappa shape index (κ3) is 2.95. The molecule has 0 aromatic rings. The minimum absolute atomic E-state index is 0.0366. The number of hydrogen-bond donors (Lipinski definition) is 3. The van der Waals surface area contributed by atoms with Gasteiger partial charge in [0, 0.05) is 20.1 Å². The molecule has 0 radical (unpaired) electrons. The van der Waals surface area contributed by atoms with Gasteiger partial charge in [0.25, 0.3) is 0 Å². The number of carbonyl (C=O) groups excluding carboxylic acids is 1. The number of carbonyl (C=O) groups is 2. The summed E-state index contributed by atoms with van der Waals surface area (Å²) < 4.78 is 0. The molecule has 17 heavy (non-hydrogen) atoms. The Labute approximate surface area is 101 Å². The second kappa shape index (κ2) is 4.62. The molecule has 1 fully saturated rings. The average molecular weight is 244 g/mol. The van der Waals surface area contributed by atoms with Crippen molar-refractivity contribution in [3.05, 3.63) is 0 Å². The number of aliphatic carboxylic acids is 1. The molecule has 1 rings (SSSR count). The summed E-state index contributed by atoms with van der Waals surface area (Å²) in [5, 5.41) is 21.1. The number of carboxylic acid groups (broad SMARTS) is 1. The Balaban J connectivity index is 2.63. The van der Waals surface area contributed by atoms with E-state index in [0.717, 1.165) is 0 Å². The van der Waals surface area contributed by atoms with Crippen molar-refractivity contribution in [1.82, 2.24) is 10.2 Å². The lowest BCUT2D eigenvalue weighted by molar-refractivity contribution is -0.158. The van der Waals surface area contributed by atoms with Crippen LogP contribution in [0.25, 0.3) is 0 Å². The zero-order valence-electron chi connectivity index (χ0n) is 10.5. The van der Waals surface area contributed by atoms with Crippen LogP contribution in [0.3, 0.4) is 0 Å². The van der Waals surface area contributed by atoms with Gasteiger partial charge in [0.15, 0.2) is 5.60 Å². The molecule has 0 aromatic heterocycles. The third-order valence-corrected chi connectivity index (χ3v) is 3.32. The maximum absolute atomic E-state index is 11.7. The van der Waals surface area contributed by atoms with E-state index in [4.69, 9.17) is 5.11 Å². The zero-order chi connectivity index (χ0) is 13.3. The summed E-state index contributed by atoms with van der Waals surface area (Å²) in [4.78, 5) is 24.3. The standard InChI is InChI=1S/C11H20N2O4/c1-10(8(14)12-3)4-5-13(6-10)7-11(2,17)9(15)16/h17H,4-7H2,1-3H3,(H,12,14)(H,15,16).